The van der Waals surface area contributed by atoms with Crippen LogP contribution >= 0.6 is 15.9 Å². The molecule has 2 heterocycles. The molecule has 0 saturated carbocycles. The van der Waals surface area contributed by atoms with Gasteiger partial charge in [0.2, 0.25) is 0 Å². The Kier molecular flexibility index (Phi) is 3.21. The van der Waals surface area contributed by atoms with Crippen LogP contribution in [0.5, 0.6) is 0 Å². The number of halogens is 1. The topological polar surface area (TPSA) is 55.0 Å². The molecular formula is C10H15BrN4. The minimum absolute atomic E-state index is 0.460. The minimum Gasteiger partial charge on any atom is -0.381 e. The monoisotopic (exact) mass is 270 g/mol. The molecule has 2 rings (SSSR count). The molecule has 0 aromatic carbocycles. The van der Waals surface area contributed by atoms with Crippen molar-refractivity contribution < 1.29 is 0 Å². The van der Waals surface area contributed by atoms with Crippen LogP contribution in [0.4, 0.5) is 5.82 Å². The highest BCUT2D eigenvalue weighted by atomic mass is 79.9. The van der Waals surface area contributed by atoms with Crippen molar-refractivity contribution in [3.05, 3.63) is 16.2 Å². The van der Waals surface area contributed by atoms with Gasteiger partial charge in [0.1, 0.15) is 0 Å². The molecule has 0 bridgehead atoms. The average molecular weight is 271 g/mol. The number of nitrogen functional groups attached to an aromatic ring is 1. The zero-order chi connectivity index (χ0) is 10.8. The summed E-state index contributed by atoms with van der Waals surface area (Å²) in [6.07, 6.45) is 2.25. The number of anilines is 1. The molecule has 0 radical (unpaired) electrons. The zero-order valence-electron chi connectivity index (χ0n) is 8.78. The van der Waals surface area contributed by atoms with Crippen LogP contribution in [-0.4, -0.2) is 35.2 Å². The Labute approximate surface area is 98.0 Å². The second-order valence-corrected chi connectivity index (χ2v) is 5.04. The molecule has 15 heavy (non-hydrogen) atoms. The summed E-state index contributed by atoms with van der Waals surface area (Å²) in [7, 11) is 2.16. The Balaban J connectivity index is 2.02. The first-order chi connectivity index (χ1) is 7.15. The zero-order valence-corrected chi connectivity index (χ0v) is 10.4. The van der Waals surface area contributed by atoms with Gasteiger partial charge in [0.05, 0.1) is 10.2 Å². The molecule has 0 amide bonds. The molecule has 82 valence electrons. The van der Waals surface area contributed by atoms with Gasteiger partial charge in [-0.05, 0) is 54.3 Å². The van der Waals surface area contributed by atoms with Crippen molar-refractivity contribution in [2.24, 2.45) is 5.92 Å². The predicted octanol–water partition coefficient (Wildman–Crippen LogP) is 1.32. The van der Waals surface area contributed by atoms with Gasteiger partial charge in [0, 0.05) is 6.54 Å². The van der Waals surface area contributed by atoms with Crippen molar-refractivity contribution in [2.45, 2.75) is 12.8 Å². The maximum atomic E-state index is 5.59. The summed E-state index contributed by atoms with van der Waals surface area (Å²) in [5, 5.41) is 8.01. The van der Waals surface area contributed by atoms with Crippen molar-refractivity contribution in [1.29, 1.82) is 0 Å². The maximum Gasteiger partial charge on any atom is 0.160 e. The van der Waals surface area contributed by atoms with Gasteiger partial charge in [-0.25, -0.2) is 0 Å². The summed E-state index contributed by atoms with van der Waals surface area (Å²) < 4.78 is 0.846. The largest absolute Gasteiger partial charge is 0.381 e. The highest BCUT2D eigenvalue weighted by Gasteiger charge is 2.20. The van der Waals surface area contributed by atoms with Gasteiger partial charge in [-0.3, -0.25) is 0 Å². The predicted molar refractivity (Wildman–Crippen MR) is 63.5 cm³/mol. The number of hydrogen-bond acceptors (Lipinski definition) is 4. The smallest absolute Gasteiger partial charge is 0.160 e. The van der Waals surface area contributed by atoms with E-state index in [4.69, 9.17) is 5.73 Å². The van der Waals surface area contributed by atoms with Gasteiger partial charge in [0.25, 0.3) is 0 Å². The van der Waals surface area contributed by atoms with Crippen molar-refractivity contribution >= 4 is 21.7 Å². The van der Waals surface area contributed by atoms with Crippen molar-refractivity contribution in [3.8, 4) is 0 Å². The minimum atomic E-state index is 0.460. The van der Waals surface area contributed by atoms with E-state index in [-0.39, 0.29) is 0 Å². The van der Waals surface area contributed by atoms with Crippen LogP contribution in [0, 0.1) is 5.92 Å². The molecule has 1 fully saturated rings. The Morgan fingerprint density at radius 1 is 1.60 bits per heavy atom. The lowest BCUT2D eigenvalue weighted by Crippen LogP contribution is -2.15. The number of hydrogen-bond donors (Lipinski definition) is 1. The number of nitrogens with two attached hydrogens (primary N) is 1. The van der Waals surface area contributed by atoms with E-state index < -0.39 is 0 Å². The Bertz CT molecular complexity index is 355. The molecule has 2 N–H and O–H groups in total. The second-order valence-electron chi connectivity index (χ2n) is 4.19. The van der Waals surface area contributed by atoms with E-state index in [1.54, 1.807) is 0 Å². The van der Waals surface area contributed by atoms with Crippen LogP contribution in [0.3, 0.4) is 0 Å². The van der Waals surface area contributed by atoms with E-state index in [0.29, 0.717) is 11.7 Å². The van der Waals surface area contributed by atoms with Gasteiger partial charge in [0.15, 0.2) is 5.82 Å². The molecular weight excluding hydrogens is 256 g/mol. The molecule has 0 spiro atoms. The third-order valence-electron chi connectivity index (χ3n) is 2.81. The quantitative estimate of drug-likeness (QED) is 0.881. The first-order valence-corrected chi connectivity index (χ1v) is 5.90. The molecule has 1 aromatic rings. The van der Waals surface area contributed by atoms with Gasteiger partial charge >= 0.3 is 0 Å². The lowest BCUT2D eigenvalue weighted by atomic mass is 10.0. The molecule has 5 heteroatoms. The summed E-state index contributed by atoms with van der Waals surface area (Å²) in [5.41, 5.74) is 6.61. The highest BCUT2D eigenvalue weighted by Crippen LogP contribution is 2.21. The summed E-state index contributed by atoms with van der Waals surface area (Å²) >= 11 is 3.37. The van der Waals surface area contributed by atoms with E-state index in [9.17, 15) is 0 Å². The summed E-state index contributed by atoms with van der Waals surface area (Å²) in [6.45, 7) is 2.35. The van der Waals surface area contributed by atoms with Crippen LogP contribution in [0.15, 0.2) is 10.5 Å². The first kappa shape index (κ1) is 10.8. The van der Waals surface area contributed by atoms with Gasteiger partial charge in [-0.2, -0.15) is 5.10 Å². The summed E-state index contributed by atoms with van der Waals surface area (Å²) in [6, 6.07) is 1.97. The summed E-state index contributed by atoms with van der Waals surface area (Å²) in [5.74, 6) is 1.17. The number of likely N-dealkylation sites (tertiary alicyclic amines) is 1. The Morgan fingerprint density at radius 3 is 3.00 bits per heavy atom. The normalized spacial score (nSPS) is 22.1. The number of nitrogens with zero attached hydrogens (tertiary/aromatic N) is 3. The first-order valence-electron chi connectivity index (χ1n) is 5.11. The van der Waals surface area contributed by atoms with Crippen LogP contribution in [-0.2, 0) is 6.42 Å². The molecule has 1 aliphatic rings. The molecule has 1 unspecified atom stereocenters. The highest BCUT2D eigenvalue weighted by molar-refractivity contribution is 9.10. The van der Waals surface area contributed by atoms with E-state index >= 15 is 0 Å². The summed E-state index contributed by atoms with van der Waals surface area (Å²) in [4.78, 5) is 2.35. The third kappa shape index (κ3) is 2.66. The van der Waals surface area contributed by atoms with E-state index in [1.165, 1.54) is 13.0 Å². The van der Waals surface area contributed by atoms with Crippen molar-refractivity contribution in [1.82, 2.24) is 15.1 Å². The second kappa shape index (κ2) is 4.45. The lowest BCUT2D eigenvalue weighted by Gasteiger charge is -2.09. The third-order valence-corrected chi connectivity index (χ3v) is 3.45. The number of aromatic nitrogens is 2. The van der Waals surface area contributed by atoms with E-state index in [1.807, 2.05) is 6.07 Å². The van der Waals surface area contributed by atoms with Gasteiger partial charge in [-0.1, -0.05) is 0 Å². The number of rotatable bonds is 2. The SMILES string of the molecule is CN1CCC(Cc2cc(Br)c(N)nn2)C1. The fourth-order valence-electron chi connectivity index (χ4n) is 2.00. The molecule has 0 aliphatic carbocycles. The van der Waals surface area contributed by atoms with Gasteiger partial charge in [-0.15, -0.1) is 5.10 Å². The average Bonchev–Trinajstić information content (AvgIpc) is 2.58. The van der Waals surface area contributed by atoms with Crippen molar-refractivity contribution in [2.75, 3.05) is 25.9 Å². The van der Waals surface area contributed by atoms with E-state index in [0.717, 1.165) is 23.1 Å². The molecule has 1 saturated heterocycles. The van der Waals surface area contributed by atoms with Crippen LogP contribution in [0.1, 0.15) is 12.1 Å². The van der Waals surface area contributed by atoms with Gasteiger partial charge < -0.3 is 10.6 Å². The van der Waals surface area contributed by atoms with Crippen LogP contribution in [0.2, 0.25) is 0 Å². The Morgan fingerprint density at radius 2 is 2.40 bits per heavy atom. The van der Waals surface area contributed by atoms with Crippen LogP contribution < -0.4 is 5.73 Å². The van der Waals surface area contributed by atoms with E-state index in [2.05, 4.69) is 38.1 Å². The maximum absolute atomic E-state index is 5.59. The molecule has 4 nitrogen and oxygen atoms in total. The lowest BCUT2D eigenvalue weighted by molar-refractivity contribution is 0.393. The molecule has 1 atom stereocenters. The fourth-order valence-corrected chi connectivity index (χ4v) is 2.35. The van der Waals surface area contributed by atoms with Crippen LogP contribution in [0.25, 0.3) is 0 Å². The Hall–Kier alpha value is -0.680. The molecule has 1 aliphatic heterocycles. The standard InChI is InChI=1S/C10H15BrN4/c1-15-3-2-7(6-15)4-8-5-9(11)10(12)14-13-8/h5,7H,2-4,6H2,1H3,(H2,12,14). The molecule has 1 aromatic heterocycles. The van der Waals surface area contributed by atoms with Crippen molar-refractivity contribution in [3.63, 3.8) is 0 Å². The fraction of sp³-hybridized carbons (Fsp3) is 0.600.